The number of piperidine rings is 1. The highest BCUT2D eigenvalue weighted by molar-refractivity contribution is 5.79. The standard InChI is InChI=1S/C16H28N2O/c1-12-3-5-13(6-4-12)15(19)18-14-7-10-17-16(11-14)8-2-9-16/h12-14,17H,2-11H2,1H3,(H,18,19). The number of carbonyl (C=O) groups excluding carboxylic acids is 1. The van der Waals surface area contributed by atoms with Gasteiger partial charge in [-0.15, -0.1) is 0 Å². The zero-order valence-corrected chi connectivity index (χ0v) is 12.2. The van der Waals surface area contributed by atoms with Gasteiger partial charge in [0.2, 0.25) is 5.91 Å². The molecular formula is C16H28N2O. The largest absolute Gasteiger partial charge is 0.353 e. The summed E-state index contributed by atoms with van der Waals surface area (Å²) in [5.74, 6) is 1.46. The van der Waals surface area contributed by atoms with Crippen molar-refractivity contribution in [3.8, 4) is 0 Å². The van der Waals surface area contributed by atoms with E-state index in [1.54, 1.807) is 0 Å². The maximum absolute atomic E-state index is 12.4. The molecule has 1 amide bonds. The summed E-state index contributed by atoms with van der Waals surface area (Å²) >= 11 is 0. The lowest BCUT2D eigenvalue weighted by atomic mass is 9.70. The number of carbonyl (C=O) groups is 1. The molecule has 2 N–H and O–H groups in total. The van der Waals surface area contributed by atoms with Crippen LogP contribution in [0.5, 0.6) is 0 Å². The van der Waals surface area contributed by atoms with Crippen molar-refractivity contribution in [2.75, 3.05) is 6.54 Å². The molecular weight excluding hydrogens is 236 g/mol. The third-order valence-electron chi connectivity index (χ3n) is 5.67. The van der Waals surface area contributed by atoms with Crippen molar-refractivity contribution in [3.63, 3.8) is 0 Å². The quantitative estimate of drug-likeness (QED) is 0.805. The average Bonchev–Trinajstić information content (AvgIpc) is 2.38. The SMILES string of the molecule is CC1CCC(C(=O)NC2CCNC3(CCC3)C2)CC1. The van der Waals surface area contributed by atoms with Crippen LogP contribution in [0.2, 0.25) is 0 Å². The Bertz CT molecular complexity index is 330. The van der Waals surface area contributed by atoms with Crippen LogP contribution in [0.1, 0.15) is 64.7 Å². The molecule has 0 aromatic heterocycles. The number of nitrogens with one attached hydrogen (secondary N) is 2. The predicted molar refractivity (Wildman–Crippen MR) is 76.9 cm³/mol. The minimum Gasteiger partial charge on any atom is -0.353 e. The van der Waals surface area contributed by atoms with Gasteiger partial charge in [0.1, 0.15) is 0 Å². The first-order valence-electron chi connectivity index (χ1n) is 8.22. The molecule has 1 spiro atoms. The summed E-state index contributed by atoms with van der Waals surface area (Å²) < 4.78 is 0. The van der Waals surface area contributed by atoms with Crippen LogP contribution >= 0.6 is 0 Å². The Hall–Kier alpha value is -0.570. The third kappa shape index (κ3) is 2.96. The number of rotatable bonds is 2. The fourth-order valence-corrected chi connectivity index (χ4v) is 4.11. The Balaban J connectivity index is 1.49. The topological polar surface area (TPSA) is 41.1 Å². The van der Waals surface area contributed by atoms with Crippen molar-refractivity contribution < 1.29 is 4.79 Å². The maximum atomic E-state index is 12.4. The van der Waals surface area contributed by atoms with E-state index in [1.807, 2.05) is 0 Å². The van der Waals surface area contributed by atoms with E-state index >= 15 is 0 Å². The number of hydrogen-bond acceptors (Lipinski definition) is 2. The minimum absolute atomic E-state index is 0.295. The predicted octanol–water partition coefficient (Wildman–Crippen LogP) is 2.60. The Kier molecular flexibility index (Phi) is 3.84. The highest BCUT2D eigenvalue weighted by atomic mass is 16.1. The van der Waals surface area contributed by atoms with Crippen LogP contribution in [0.25, 0.3) is 0 Å². The molecule has 0 bridgehead atoms. The van der Waals surface area contributed by atoms with Crippen LogP contribution in [-0.2, 0) is 4.79 Å². The molecule has 3 nitrogen and oxygen atoms in total. The molecule has 3 fully saturated rings. The fraction of sp³-hybridized carbons (Fsp3) is 0.938. The van der Waals surface area contributed by atoms with E-state index < -0.39 is 0 Å². The van der Waals surface area contributed by atoms with Crippen molar-refractivity contribution in [1.29, 1.82) is 0 Å². The van der Waals surface area contributed by atoms with Gasteiger partial charge < -0.3 is 10.6 Å². The summed E-state index contributed by atoms with van der Waals surface area (Å²) in [6.45, 7) is 3.38. The molecule has 1 unspecified atom stereocenters. The average molecular weight is 264 g/mol. The summed E-state index contributed by atoms with van der Waals surface area (Å²) in [4.78, 5) is 12.4. The fourth-order valence-electron chi connectivity index (χ4n) is 4.11. The first-order chi connectivity index (χ1) is 9.17. The van der Waals surface area contributed by atoms with Crippen LogP contribution < -0.4 is 10.6 Å². The van der Waals surface area contributed by atoms with E-state index in [0.717, 1.165) is 38.1 Å². The van der Waals surface area contributed by atoms with Crippen molar-refractivity contribution in [1.82, 2.24) is 10.6 Å². The van der Waals surface area contributed by atoms with Crippen molar-refractivity contribution in [2.24, 2.45) is 11.8 Å². The van der Waals surface area contributed by atoms with Gasteiger partial charge in [-0.3, -0.25) is 4.79 Å². The zero-order chi connectivity index (χ0) is 13.3. The third-order valence-corrected chi connectivity index (χ3v) is 5.67. The molecule has 3 rings (SSSR count). The van der Waals surface area contributed by atoms with E-state index in [-0.39, 0.29) is 0 Å². The molecule has 3 aliphatic rings. The highest BCUT2D eigenvalue weighted by Gasteiger charge is 2.41. The lowest BCUT2D eigenvalue weighted by molar-refractivity contribution is -0.127. The molecule has 2 aliphatic carbocycles. The zero-order valence-electron chi connectivity index (χ0n) is 12.2. The van der Waals surface area contributed by atoms with Crippen molar-refractivity contribution in [3.05, 3.63) is 0 Å². The molecule has 3 heteroatoms. The second kappa shape index (κ2) is 5.43. The van der Waals surface area contributed by atoms with Gasteiger partial charge in [-0.25, -0.2) is 0 Å². The lowest BCUT2D eigenvalue weighted by Gasteiger charge is -2.48. The van der Waals surface area contributed by atoms with Crippen molar-refractivity contribution in [2.45, 2.75) is 76.3 Å². The Morgan fingerprint density at radius 2 is 1.89 bits per heavy atom. The first kappa shape index (κ1) is 13.4. The molecule has 1 heterocycles. The molecule has 2 saturated carbocycles. The molecule has 0 aromatic rings. The van der Waals surface area contributed by atoms with Crippen LogP contribution in [0.3, 0.4) is 0 Å². The van der Waals surface area contributed by atoms with Crippen LogP contribution in [-0.4, -0.2) is 24.0 Å². The van der Waals surface area contributed by atoms with Crippen LogP contribution in [0.4, 0.5) is 0 Å². The molecule has 1 saturated heterocycles. The van der Waals surface area contributed by atoms with Gasteiger partial charge in [-0.1, -0.05) is 6.92 Å². The van der Waals surface area contributed by atoms with Crippen LogP contribution in [0.15, 0.2) is 0 Å². The van der Waals surface area contributed by atoms with Crippen LogP contribution in [0, 0.1) is 11.8 Å². The molecule has 1 aliphatic heterocycles. The molecule has 0 aromatic carbocycles. The highest BCUT2D eigenvalue weighted by Crippen LogP contribution is 2.38. The van der Waals surface area contributed by atoms with Crippen molar-refractivity contribution >= 4 is 5.91 Å². The summed E-state index contributed by atoms with van der Waals surface area (Å²) in [7, 11) is 0. The van der Waals surface area contributed by atoms with Gasteiger partial charge in [0.05, 0.1) is 0 Å². The second-order valence-corrected chi connectivity index (χ2v) is 7.22. The maximum Gasteiger partial charge on any atom is 0.223 e. The lowest BCUT2D eigenvalue weighted by Crippen LogP contribution is -2.60. The van der Waals surface area contributed by atoms with E-state index in [1.165, 1.54) is 32.1 Å². The normalized spacial score (nSPS) is 37.6. The van der Waals surface area contributed by atoms with E-state index in [0.29, 0.717) is 23.4 Å². The van der Waals surface area contributed by atoms with E-state index in [4.69, 9.17) is 0 Å². The second-order valence-electron chi connectivity index (χ2n) is 7.22. The minimum atomic E-state index is 0.295. The monoisotopic (exact) mass is 264 g/mol. The van der Waals surface area contributed by atoms with E-state index in [2.05, 4.69) is 17.6 Å². The summed E-state index contributed by atoms with van der Waals surface area (Å²) in [6.07, 6.45) is 10.9. The van der Waals surface area contributed by atoms with E-state index in [9.17, 15) is 4.79 Å². The number of hydrogen-bond donors (Lipinski definition) is 2. The Labute approximate surface area is 116 Å². The summed E-state index contributed by atoms with van der Waals surface area (Å²) in [5, 5.41) is 7.02. The first-order valence-corrected chi connectivity index (χ1v) is 8.22. The molecule has 0 radical (unpaired) electrons. The number of amides is 1. The molecule has 1 atom stereocenters. The Morgan fingerprint density at radius 1 is 1.16 bits per heavy atom. The molecule has 19 heavy (non-hydrogen) atoms. The van der Waals surface area contributed by atoms with Gasteiger partial charge in [0.15, 0.2) is 0 Å². The van der Waals surface area contributed by atoms with Gasteiger partial charge in [-0.2, -0.15) is 0 Å². The van der Waals surface area contributed by atoms with Gasteiger partial charge in [0.25, 0.3) is 0 Å². The smallest absolute Gasteiger partial charge is 0.223 e. The van der Waals surface area contributed by atoms with Gasteiger partial charge in [0, 0.05) is 17.5 Å². The summed E-state index contributed by atoms with van der Waals surface area (Å²) in [6, 6.07) is 0.424. The Morgan fingerprint density at radius 3 is 2.53 bits per heavy atom. The molecule has 108 valence electrons. The van der Waals surface area contributed by atoms with Gasteiger partial charge in [-0.05, 0) is 70.3 Å². The summed E-state index contributed by atoms with van der Waals surface area (Å²) in [5.41, 5.74) is 0.386. The van der Waals surface area contributed by atoms with Gasteiger partial charge >= 0.3 is 0 Å².